The lowest BCUT2D eigenvalue weighted by Crippen LogP contribution is -2.46. The van der Waals surface area contributed by atoms with Crippen LogP contribution in [0, 0.1) is 16.7 Å². The second kappa shape index (κ2) is 11.3. The minimum absolute atomic E-state index is 0.0416. The van der Waals surface area contributed by atoms with Gasteiger partial charge < -0.3 is 20.3 Å². The van der Waals surface area contributed by atoms with E-state index in [4.69, 9.17) is 15.2 Å². The maximum atomic E-state index is 9.59. The van der Waals surface area contributed by atoms with Crippen molar-refractivity contribution in [1.29, 1.82) is 0 Å². The van der Waals surface area contributed by atoms with Crippen LogP contribution in [0.1, 0.15) is 81.6 Å². The van der Waals surface area contributed by atoms with E-state index < -0.39 is 6.29 Å². The van der Waals surface area contributed by atoms with Crippen LogP contribution in [0.25, 0.3) is 11.1 Å². The predicted molar refractivity (Wildman–Crippen MR) is 164 cm³/mol. The van der Waals surface area contributed by atoms with Crippen LogP contribution in [-0.2, 0) is 22.6 Å². The van der Waals surface area contributed by atoms with Crippen molar-refractivity contribution in [1.82, 2.24) is 4.90 Å². The van der Waals surface area contributed by atoms with Gasteiger partial charge in [0.05, 0.1) is 18.8 Å². The van der Waals surface area contributed by atoms with E-state index in [1.54, 1.807) is 0 Å². The monoisotopic (exact) mass is 554 g/mol. The Morgan fingerprint density at radius 3 is 2.32 bits per heavy atom. The van der Waals surface area contributed by atoms with Gasteiger partial charge in [0.1, 0.15) is 0 Å². The van der Waals surface area contributed by atoms with Crippen LogP contribution < -0.4 is 5.73 Å². The quantitative estimate of drug-likeness (QED) is 0.329. The molecular formula is C36H46N2O3. The van der Waals surface area contributed by atoms with Crippen LogP contribution in [0.15, 0.2) is 72.8 Å². The Labute approximate surface area is 245 Å². The fraction of sp³-hybridized carbons (Fsp3) is 0.500. The third kappa shape index (κ3) is 5.89. The SMILES string of the molecule is CC1C(CN2CC3(C)CC2CC(C)(C)C3)OC(c2ccc(-c3ccccc3CN)cc2)OC1c1ccc(CO)cc1. The highest BCUT2D eigenvalue weighted by Gasteiger charge is 2.51. The first kappa shape index (κ1) is 28.6. The Morgan fingerprint density at radius 2 is 1.61 bits per heavy atom. The van der Waals surface area contributed by atoms with Crippen LogP contribution in [0.4, 0.5) is 0 Å². The Balaban J connectivity index is 1.28. The molecule has 6 unspecified atom stereocenters. The van der Waals surface area contributed by atoms with Crippen molar-refractivity contribution in [3.05, 3.63) is 95.1 Å². The van der Waals surface area contributed by atoms with Crippen LogP contribution in [0.3, 0.4) is 0 Å². The summed E-state index contributed by atoms with van der Waals surface area (Å²) in [7, 11) is 0. The van der Waals surface area contributed by atoms with Gasteiger partial charge in [0.15, 0.2) is 6.29 Å². The molecule has 2 bridgehead atoms. The molecule has 1 saturated carbocycles. The molecule has 0 radical (unpaired) electrons. The van der Waals surface area contributed by atoms with E-state index in [2.05, 4.69) is 87.2 Å². The summed E-state index contributed by atoms with van der Waals surface area (Å²) < 4.78 is 13.6. The summed E-state index contributed by atoms with van der Waals surface area (Å²) >= 11 is 0. The van der Waals surface area contributed by atoms with Crippen molar-refractivity contribution in [2.45, 2.75) is 84.6 Å². The fourth-order valence-corrected chi connectivity index (χ4v) is 8.15. The van der Waals surface area contributed by atoms with E-state index in [9.17, 15) is 5.11 Å². The molecule has 3 N–H and O–H groups in total. The highest BCUT2D eigenvalue weighted by molar-refractivity contribution is 5.67. The topological polar surface area (TPSA) is 68.0 Å². The van der Waals surface area contributed by atoms with E-state index >= 15 is 0 Å². The number of hydrogen-bond acceptors (Lipinski definition) is 5. The van der Waals surface area contributed by atoms with Gasteiger partial charge in [-0.1, -0.05) is 100 Å². The van der Waals surface area contributed by atoms with Crippen molar-refractivity contribution >= 4 is 0 Å². The lowest BCUT2D eigenvalue weighted by atomic mass is 9.65. The molecule has 3 fully saturated rings. The molecule has 2 aliphatic heterocycles. The van der Waals surface area contributed by atoms with Gasteiger partial charge in [0.2, 0.25) is 0 Å². The molecule has 5 heteroatoms. The predicted octanol–water partition coefficient (Wildman–Crippen LogP) is 7.00. The van der Waals surface area contributed by atoms with Gasteiger partial charge in [-0.05, 0) is 57.9 Å². The molecule has 0 amide bonds. The number of aliphatic hydroxyl groups excluding tert-OH is 1. The zero-order chi connectivity index (χ0) is 28.8. The molecular weight excluding hydrogens is 508 g/mol. The highest BCUT2D eigenvalue weighted by atomic mass is 16.7. The number of likely N-dealkylation sites (tertiary alicyclic amines) is 1. The number of ether oxygens (including phenoxy) is 2. The van der Waals surface area contributed by atoms with Gasteiger partial charge in [-0.25, -0.2) is 0 Å². The van der Waals surface area contributed by atoms with E-state index in [1.807, 2.05) is 18.2 Å². The largest absolute Gasteiger partial charge is 0.392 e. The van der Waals surface area contributed by atoms with Crippen molar-refractivity contribution in [2.24, 2.45) is 22.5 Å². The molecule has 3 aromatic rings. The zero-order valence-electron chi connectivity index (χ0n) is 25.1. The number of benzene rings is 3. The Bertz CT molecular complexity index is 1340. The number of nitrogens with zero attached hydrogens (tertiary/aromatic N) is 1. The summed E-state index contributed by atoms with van der Waals surface area (Å²) in [5.41, 5.74) is 13.3. The Hall–Kier alpha value is -2.54. The van der Waals surface area contributed by atoms with Crippen molar-refractivity contribution in [3.63, 3.8) is 0 Å². The molecule has 5 nitrogen and oxygen atoms in total. The normalized spacial score (nSPS) is 31.3. The molecule has 6 rings (SSSR count). The molecule has 0 spiro atoms. The third-order valence-corrected chi connectivity index (χ3v) is 9.79. The highest BCUT2D eigenvalue weighted by Crippen LogP contribution is 2.53. The molecule has 6 atom stereocenters. The van der Waals surface area contributed by atoms with Gasteiger partial charge >= 0.3 is 0 Å². The maximum Gasteiger partial charge on any atom is 0.184 e. The maximum absolute atomic E-state index is 9.59. The zero-order valence-corrected chi connectivity index (χ0v) is 25.1. The van der Waals surface area contributed by atoms with Crippen molar-refractivity contribution in [2.75, 3.05) is 13.1 Å². The van der Waals surface area contributed by atoms with E-state index in [1.165, 1.54) is 19.3 Å². The molecule has 3 aromatic carbocycles. The lowest BCUT2D eigenvalue weighted by molar-refractivity contribution is -0.276. The minimum Gasteiger partial charge on any atom is -0.392 e. The summed E-state index contributed by atoms with van der Waals surface area (Å²) in [5, 5.41) is 9.59. The van der Waals surface area contributed by atoms with Crippen LogP contribution in [-0.4, -0.2) is 35.2 Å². The molecule has 1 aliphatic carbocycles. The molecule has 41 heavy (non-hydrogen) atoms. The second-order valence-corrected chi connectivity index (χ2v) is 13.9. The average Bonchev–Trinajstić information content (AvgIpc) is 3.21. The molecule has 218 valence electrons. The van der Waals surface area contributed by atoms with Crippen LogP contribution in [0.2, 0.25) is 0 Å². The number of hydrogen-bond donors (Lipinski definition) is 2. The van der Waals surface area contributed by atoms with Crippen LogP contribution in [0.5, 0.6) is 0 Å². The van der Waals surface area contributed by atoms with Crippen molar-refractivity contribution in [3.8, 4) is 11.1 Å². The summed E-state index contributed by atoms with van der Waals surface area (Å²) in [5.74, 6) is 0.184. The van der Waals surface area contributed by atoms with Gasteiger partial charge in [-0.15, -0.1) is 0 Å². The smallest absolute Gasteiger partial charge is 0.184 e. The molecule has 0 aromatic heterocycles. The summed E-state index contributed by atoms with van der Waals surface area (Å²) in [6.45, 7) is 12.2. The minimum atomic E-state index is -0.452. The first-order chi connectivity index (χ1) is 19.7. The van der Waals surface area contributed by atoms with Crippen LogP contribution >= 0.6 is 0 Å². The molecule has 2 heterocycles. The average molecular weight is 555 g/mol. The van der Waals surface area contributed by atoms with Gasteiger partial charge in [0.25, 0.3) is 0 Å². The number of aliphatic hydroxyl groups is 1. The van der Waals surface area contributed by atoms with Crippen molar-refractivity contribution < 1.29 is 14.6 Å². The first-order valence-corrected chi connectivity index (χ1v) is 15.3. The third-order valence-electron chi connectivity index (χ3n) is 9.79. The molecule has 3 aliphatic rings. The number of rotatable bonds is 7. The van der Waals surface area contributed by atoms with Gasteiger partial charge in [-0.3, -0.25) is 4.90 Å². The van der Waals surface area contributed by atoms with E-state index in [0.717, 1.165) is 46.5 Å². The number of fused-ring (bicyclic) bond motifs is 2. The molecule has 2 saturated heterocycles. The standard InChI is InChI=1S/C36H46N2O3/c1-24-32(20-38-23-36(4)18-30(38)17-35(2,3)22-36)40-34(41-33(24)27-11-9-25(21-39)10-12-27)28-15-13-26(14-16-28)31-8-6-5-7-29(31)19-37/h5-16,24,30,32-34,39H,17-23,37H2,1-4H3. The first-order valence-electron chi connectivity index (χ1n) is 15.3. The number of nitrogens with two attached hydrogens (primary N) is 1. The Kier molecular flexibility index (Phi) is 7.86. The Morgan fingerprint density at radius 1 is 0.902 bits per heavy atom. The van der Waals surface area contributed by atoms with E-state index in [0.29, 0.717) is 23.4 Å². The summed E-state index contributed by atoms with van der Waals surface area (Å²) in [6, 6.07) is 25.7. The van der Waals surface area contributed by atoms with E-state index in [-0.39, 0.29) is 24.7 Å². The summed E-state index contributed by atoms with van der Waals surface area (Å²) in [4.78, 5) is 2.72. The fourth-order valence-electron chi connectivity index (χ4n) is 8.15. The van der Waals surface area contributed by atoms with Gasteiger partial charge in [-0.2, -0.15) is 0 Å². The van der Waals surface area contributed by atoms with Gasteiger partial charge in [0, 0.05) is 37.2 Å². The summed E-state index contributed by atoms with van der Waals surface area (Å²) in [6.07, 6.45) is 3.32. The second-order valence-electron chi connectivity index (χ2n) is 13.9. The lowest BCUT2D eigenvalue weighted by Gasteiger charge is -2.43.